The molecule has 0 bridgehead atoms. The first-order valence-corrected chi connectivity index (χ1v) is 8.58. The monoisotopic (exact) mass is 322 g/mol. The van der Waals surface area contributed by atoms with Crippen molar-refractivity contribution in [3.63, 3.8) is 0 Å². The van der Waals surface area contributed by atoms with Crippen LogP contribution in [0, 0.1) is 0 Å². The van der Waals surface area contributed by atoms with E-state index in [4.69, 9.17) is 4.74 Å². The minimum atomic E-state index is -0.398. The van der Waals surface area contributed by atoms with Gasteiger partial charge in [-0.25, -0.2) is 4.79 Å². The molecule has 0 amide bonds. The molecule has 0 heterocycles. The van der Waals surface area contributed by atoms with Crippen LogP contribution in [0.15, 0.2) is 66.1 Å². The second-order valence-corrected chi connectivity index (χ2v) is 6.54. The molecule has 3 aromatic rings. The van der Waals surface area contributed by atoms with Crippen molar-refractivity contribution in [1.29, 1.82) is 0 Å². The van der Waals surface area contributed by atoms with Crippen LogP contribution in [-0.2, 0) is 16.1 Å². The highest BCUT2D eigenvalue weighted by Gasteiger charge is 2.10. The van der Waals surface area contributed by atoms with Crippen LogP contribution in [0.2, 0.25) is 0 Å². The smallest absolute Gasteiger partial charge is 0.330 e. The number of benzene rings is 3. The lowest BCUT2D eigenvalue weighted by Crippen LogP contribution is -2.01. The first kappa shape index (κ1) is 15.6. The quantitative estimate of drug-likeness (QED) is 0.275. The Morgan fingerprint density at radius 3 is 2.70 bits per heavy atom. The standard InChI is InChI=1S/C20H18O2S/c1-3-20(21)22-13-19-17-8-6-5-7-14(17)11-15-9-10-16(23-4-2)12-18(15)19/h3,5-12H,1,4,13H2,2H3. The van der Waals surface area contributed by atoms with Gasteiger partial charge in [-0.05, 0) is 45.5 Å². The van der Waals surface area contributed by atoms with Crippen LogP contribution in [0.1, 0.15) is 12.5 Å². The summed E-state index contributed by atoms with van der Waals surface area (Å²) >= 11 is 1.81. The summed E-state index contributed by atoms with van der Waals surface area (Å²) < 4.78 is 5.33. The van der Waals surface area contributed by atoms with E-state index in [0.717, 1.165) is 32.9 Å². The van der Waals surface area contributed by atoms with Crippen molar-refractivity contribution < 1.29 is 9.53 Å². The predicted octanol–water partition coefficient (Wildman–Crippen LogP) is 5.33. The lowest BCUT2D eigenvalue weighted by Gasteiger charge is -2.13. The third-order valence-electron chi connectivity index (χ3n) is 3.78. The van der Waals surface area contributed by atoms with E-state index in [1.54, 1.807) is 0 Å². The number of fused-ring (bicyclic) bond motifs is 2. The Bertz CT molecular complexity index is 883. The van der Waals surface area contributed by atoms with Gasteiger partial charge >= 0.3 is 5.97 Å². The molecule has 0 saturated carbocycles. The molecule has 23 heavy (non-hydrogen) atoms. The van der Waals surface area contributed by atoms with Crippen molar-refractivity contribution in [2.45, 2.75) is 18.4 Å². The van der Waals surface area contributed by atoms with Gasteiger partial charge in [0.25, 0.3) is 0 Å². The molecule has 0 fully saturated rings. The first-order valence-electron chi connectivity index (χ1n) is 7.59. The molecule has 0 spiro atoms. The maximum Gasteiger partial charge on any atom is 0.330 e. The van der Waals surface area contributed by atoms with E-state index in [0.29, 0.717) is 0 Å². The largest absolute Gasteiger partial charge is 0.458 e. The van der Waals surface area contributed by atoms with Gasteiger partial charge < -0.3 is 4.74 Å². The lowest BCUT2D eigenvalue weighted by molar-refractivity contribution is -0.138. The topological polar surface area (TPSA) is 26.3 Å². The van der Waals surface area contributed by atoms with Gasteiger partial charge in [-0.2, -0.15) is 0 Å². The zero-order valence-electron chi connectivity index (χ0n) is 13.0. The summed E-state index contributed by atoms with van der Waals surface area (Å²) in [5.74, 6) is 0.630. The van der Waals surface area contributed by atoms with Crippen molar-refractivity contribution in [2.75, 3.05) is 5.75 Å². The fourth-order valence-electron chi connectivity index (χ4n) is 2.75. The van der Waals surface area contributed by atoms with Gasteiger partial charge in [0.05, 0.1) is 0 Å². The van der Waals surface area contributed by atoms with E-state index < -0.39 is 5.97 Å². The molecule has 0 saturated heterocycles. The van der Waals surface area contributed by atoms with Gasteiger partial charge in [-0.1, -0.05) is 43.8 Å². The van der Waals surface area contributed by atoms with E-state index >= 15 is 0 Å². The van der Waals surface area contributed by atoms with E-state index in [1.165, 1.54) is 11.0 Å². The minimum absolute atomic E-state index is 0.253. The Morgan fingerprint density at radius 1 is 1.13 bits per heavy atom. The Balaban J connectivity index is 2.20. The van der Waals surface area contributed by atoms with Crippen LogP contribution in [0.3, 0.4) is 0 Å². The van der Waals surface area contributed by atoms with E-state index in [1.807, 2.05) is 23.9 Å². The summed E-state index contributed by atoms with van der Waals surface area (Å²) in [7, 11) is 0. The molecule has 3 heteroatoms. The van der Waals surface area contributed by atoms with Crippen LogP contribution < -0.4 is 0 Å². The van der Waals surface area contributed by atoms with E-state index in [2.05, 4.69) is 49.9 Å². The average molecular weight is 322 g/mol. The zero-order chi connectivity index (χ0) is 16.2. The highest BCUT2D eigenvalue weighted by molar-refractivity contribution is 7.99. The van der Waals surface area contributed by atoms with Crippen molar-refractivity contribution in [2.24, 2.45) is 0 Å². The van der Waals surface area contributed by atoms with Crippen molar-refractivity contribution in [3.8, 4) is 0 Å². The number of hydrogen-bond donors (Lipinski definition) is 0. The van der Waals surface area contributed by atoms with Crippen LogP contribution in [0.5, 0.6) is 0 Å². The Morgan fingerprint density at radius 2 is 1.91 bits per heavy atom. The molecular weight excluding hydrogens is 304 g/mol. The van der Waals surface area contributed by atoms with Crippen molar-refractivity contribution >= 4 is 39.3 Å². The Hall–Kier alpha value is -2.26. The third kappa shape index (κ3) is 3.25. The molecule has 0 radical (unpaired) electrons. The molecule has 0 aromatic heterocycles. The zero-order valence-corrected chi connectivity index (χ0v) is 13.9. The second kappa shape index (κ2) is 6.88. The van der Waals surface area contributed by atoms with Gasteiger partial charge in [0.15, 0.2) is 0 Å². The molecule has 0 N–H and O–H groups in total. The molecule has 2 nitrogen and oxygen atoms in total. The lowest BCUT2D eigenvalue weighted by atomic mass is 9.97. The van der Waals surface area contributed by atoms with E-state index in [-0.39, 0.29) is 6.61 Å². The number of esters is 1. The Labute approximate surface area is 140 Å². The van der Waals surface area contributed by atoms with E-state index in [9.17, 15) is 4.79 Å². The van der Waals surface area contributed by atoms with Crippen LogP contribution in [0.4, 0.5) is 0 Å². The highest BCUT2D eigenvalue weighted by atomic mass is 32.2. The van der Waals surface area contributed by atoms with Crippen molar-refractivity contribution in [1.82, 2.24) is 0 Å². The normalized spacial score (nSPS) is 10.8. The molecule has 3 aromatic carbocycles. The van der Waals surface area contributed by atoms with Gasteiger partial charge in [0, 0.05) is 16.5 Å². The number of hydrogen-bond acceptors (Lipinski definition) is 3. The molecule has 0 aliphatic carbocycles. The number of rotatable bonds is 5. The Kier molecular flexibility index (Phi) is 4.68. The number of carbonyl (C=O) groups excluding carboxylic acids is 1. The average Bonchev–Trinajstić information content (AvgIpc) is 2.58. The maximum atomic E-state index is 11.5. The van der Waals surface area contributed by atoms with Crippen LogP contribution >= 0.6 is 11.8 Å². The summed E-state index contributed by atoms with van der Waals surface area (Å²) in [6.07, 6.45) is 1.20. The summed E-state index contributed by atoms with van der Waals surface area (Å²) in [4.78, 5) is 12.7. The molecule has 0 unspecified atom stereocenters. The summed E-state index contributed by atoms with van der Waals surface area (Å²) in [5, 5.41) is 4.57. The number of carbonyl (C=O) groups is 1. The molecule has 0 aliphatic rings. The van der Waals surface area contributed by atoms with Crippen molar-refractivity contribution in [3.05, 3.63) is 66.7 Å². The fraction of sp³-hybridized carbons (Fsp3) is 0.150. The summed E-state index contributed by atoms with van der Waals surface area (Å²) in [6.45, 7) is 5.85. The molecule has 0 aliphatic heterocycles. The van der Waals surface area contributed by atoms with Gasteiger partial charge in [-0.3, -0.25) is 0 Å². The van der Waals surface area contributed by atoms with Gasteiger partial charge in [0.2, 0.25) is 0 Å². The predicted molar refractivity (Wildman–Crippen MR) is 97.8 cm³/mol. The van der Waals surface area contributed by atoms with Crippen LogP contribution in [0.25, 0.3) is 21.5 Å². The fourth-order valence-corrected chi connectivity index (χ4v) is 3.45. The first-order chi connectivity index (χ1) is 11.2. The molecule has 116 valence electrons. The SMILES string of the molecule is C=CC(=O)OCc1c2ccccc2cc2ccc(SCC)cc12. The molecular formula is C20H18O2S. The number of thioether (sulfide) groups is 1. The third-order valence-corrected chi connectivity index (χ3v) is 4.66. The molecule has 3 rings (SSSR count). The summed E-state index contributed by atoms with van der Waals surface area (Å²) in [5.41, 5.74) is 1.05. The van der Waals surface area contributed by atoms with Gasteiger partial charge in [-0.15, -0.1) is 11.8 Å². The van der Waals surface area contributed by atoms with Crippen LogP contribution in [-0.4, -0.2) is 11.7 Å². The van der Waals surface area contributed by atoms with Gasteiger partial charge in [0.1, 0.15) is 6.61 Å². The summed E-state index contributed by atoms with van der Waals surface area (Å²) in [6, 6.07) is 16.8. The maximum absolute atomic E-state index is 11.5. The minimum Gasteiger partial charge on any atom is -0.458 e. The molecule has 0 atom stereocenters. The second-order valence-electron chi connectivity index (χ2n) is 5.20. The number of ether oxygens (including phenoxy) is 1. The highest BCUT2D eigenvalue weighted by Crippen LogP contribution is 2.32.